The summed E-state index contributed by atoms with van der Waals surface area (Å²) >= 11 is 1.61. The highest BCUT2D eigenvalue weighted by atomic mass is 32.1. The van der Waals surface area contributed by atoms with Crippen LogP contribution in [0.5, 0.6) is 0 Å². The van der Waals surface area contributed by atoms with Gasteiger partial charge in [-0.1, -0.05) is 18.2 Å². The van der Waals surface area contributed by atoms with E-state index in [0.717, 1.165) is 22.0 Å². The predicted octanol–water partition coefficient (Wildman–Crippen LogP) is 4.03. The molecule has 2 heterocycles. The number of carbonyl (C=O) groups excluding carboxylic acids is 1. The van der Waals surface area contributed by atoms with Crippen LogP contribution in [-0.4, -0.2) is 28.4 Å². The second kappa shape index (κ2) is 5.17. The van der Waals surface area contributed by atoms with Crippen LogP contribution in [0.4, 0.5) is 0 Å². The number of likely N-dealkylation sites (tertiary alicyclic amines) is 1. The third-order valence-electron chi connectivity index (χ3n) is 5.35. The molecule has 1 saturated carbocycles. The summed E-state index contributed by atoms with van der Waals surface area (Å²) in [4.78, 5) is 20.6. The van der Waals surface area contributed by atoms with E-state index < -0.39 is 0 Å². The van der Waals surface area contributed by atoms with Crippen LogP contribution >= 0.6 is 11.3 Å². The SMILES string of the molecule is [CH2][C@H]1[C@H]2C[C@H]2CN1C(=O)c1nc(C)sc1-c1cccc(C)c1C. The van der Waals surface area contributed by atoms with Crippen molar-refractivity contribution in [3.8, 4) is 10.4 Å². The van der Waals surface area contributed by atoms with Crippen LogP contribution in [0.1, 0.15) is 33.0 Å². The minimum absolute atomic E-state index is 0.0532. The van der Waals surface area contributed by atoms with E-state index in [1.807, 2.05) is 11.8 Å². The van der Waals surface area contributed by atoms with E-state index in [9.17, 15) is 4.79 Å². The monoisotopic (exact) mass is 325 g/mol. The fourth-order valence-corrected chi connectivity index (χ4v) is 4.69. The normalized spacial score (nSPS) is 25.6. The first-order valence-electron chi connectivity index (χ1n) is 8.15. The summed E-state index contributed by atoms with van der Waals surface area (Å²) in [5.74, 6) is 1.34. The number of benzene rings is 1. The van der Waals surface area contributed by atoms with Gasteiger partial charge < -0.3 is 4.90 Å². The Morgan fingerprint density at radius 3 is 2.83 bits per heavy atom. The molecule has 1 aromatic carbocycles. The standard InChI is InChI=1S/C19H21N2OS/c1-10-6-5-7-15(11(10)2)18-17(20-13(4)23-18)19(22)21-9-14-8-16(14)12(21)3/h5-7,12,14,16H,3,8-9H2,1-2,4H3/t12-,14-,16+/m0/s1. The molecule has 0 spiro atoms. The summed E-state index contributed by atoms with van der Waals surface area (Å²) in [5.41, 5.74) is 4.20. The van der Waals surface area contributed by atoms with Gasteiger partial charge in [0.25, 0.3) is 5.91 Å². The zero-order valence-corrected chi connectivity index (χ0v) is 14.6. The number of hydrogen-bond donors (Lipinski definition) is 0. The molecule has 1 amide bonds. The zero-order chi connectivity index (χ0) is 16.3. The van der Waals surface area contributed by atoms with Gasteiger partial charge in [0.2, 0.25) is 0 Å². The Bertz CT molecular complexity index is 795. The second-order valence-electron chi connectivity index (χ2n) is 6.84. The van der Waals surface area contributed by atoms with Gasteiger partial charge in [0.1, 0.15) is 5.69 Å². The van der Waals surface area contributed by atoms with E-state index in [1.165, 1.54) is 17.5 Å². The molecular formula is C19H21N2OS. The fourth-order valence-electron chi connectivity index (χ4n) is 3.69. The lowest BCUT2D eigenvalue weighted by Crippen LogP contribution is -2.37. The smallest absolute Gasteiger partial charge is 0.274 e. The molecule has 0 bridgehead atoms. The summed E-state index contributed by atoms with van der Waals surface area (Å²) in [6, 6.07) is 6.36. The number of nitrogens with zero attached hydrogens (tertiary/aromatic N) is 2. The molecule has 1 saturated heterocycles. The molecule has 1 aliphatic heterocycles. The highest BCUT2D eigenvalue weighted by Crippen LogP contribution is 2.49. The van der Waals surface area contributed by atoms with Crippen molar-refractivity contribution in [2.75, 3.05) is 6.54 Å². The topological polar surface area (TPSA) is 33.2 Å². The number of piperidine rings is 1. The molecule has 2 fully saturated rings. The van der Waals surface area contributed by atoms with E-state index in [4.69, 9.17) is 0 Å². The third kappa shape index (κ3) is 2.31. The molecule has 1 radical (unpaired) electrons. The van der Waals surface area contributed by atoms with Crippen LogP contribution in [0.2, 0.25) is 0 Å². The molecule has 119 valence electrons. The molecule has 1 aromatic heterocycles. The highest BCUT2D eigenvalue weighted by Gasteiger charge is 2.52. The number of aryl methyl sites for hydroxylation is 2. The molecule has 3 nitrogen and oxygen atoms in total. The Hall–Kier alpha value is -1.68. The largest absolute Gasteiger partial charge is 0.334 e. The Morgan fingerprint density at radius 2 is 2.13 bits per heavy atom. The molecule has 0 N–H and O–H groups in total. The van der Waals surface area contributed by atoms with E-state index in [2.05, 4.69) is 44.0 Å². The molecule has 2 aromatic rings. The average Bonchev–Trinajstić information content (AvgIpc) is 3.09. The fraction of sp³-hybridized carbons (Fsp3) is 0.421. The third-order valence-corrected chi connectivity index (χ3v) is 6.35. The Kier molecular flexibility index (Phi) is 3.34. The van der Waals surface area contributed by atoms with Gasteiger partial charge in [-0.2, -0.15) is 0 Å². The van der Waals surface area contributed by atoms with Gasteiger partial charge in [0.05, 0.1) is 9.88 Å². The summed E-state index contributed by atoms with van der Waals surface area (Å²) in [6.07, 6.45) is 1.23. The van der Waals surface area contributed by atoms with Gasteiger partial charge in [-0.15, -0.1) is 11.3 Å². The molecule has 0 unspecified atom stereocenters. The van der Waals surface area contributed by atoms with Crippen LogP contribution in [0.3, 0.4) is 0 Å². The highest BCUT2D eigenvalue weighted by molar-refractivity contribution is 7.15. The molecule has 2 aliphatic rings. The van der Waals surface area contributed by atoms with Crippen LogP contribution in [0.25, 0.3) is 10.4 Å². The number of fused-ring (bicyclic) bond motifs is 1. The lowest BCUT2D eigenvalue weighted by atomic mass is 10.0. The maximum atomic E-state index is 13.1. The first-order chi connectivity index (χ1) is 11.0. The van der Waals surface area contributed by atoms with Crippen LogP contribution in [0.15, 0.2) is 18.2 Å². The second-order valence-corrected chi connectivity index (χ2v) is 8.05. The number of thiazole rings is 1. The lowest BCUT2D eigenvalue weighted by molar-refractivity contribution is 0.0731. The van der Waals surface area contributed by atoms with E-state index >= 15 is 0 Å². The van der Waals surface area contributed by atoms with Crippen molar-refractivity contribution < 1.29 is 4.79 Å². The van der Waals surface area contributed by atoms with Gasteiger partial charge in [-0.3, -0.25) is 4.79 Å². The Balaban J connectivity index is 1.75. The Morgan fingerprint density at radius 1 is 1.35 bits per heavy atom. The lowest BCUT2D eigenvalue weighted by Gasteiger charge is -2.24. The molecular weight excluding hydrogens is 304 g/mol. The minimum atomic E-state index is 0.0532. The molecule has 23 heavy (non-hydrogen) atoms. The average molecular weight is 325 g/mol. The maximum absolute atomic E-state index is 13.1. The van der Waals surface area contributed by atoms with Gasteiger partial charge in [0, 0.05) is 12.6 Å². The molecule has 1 aliphatic carbocycles. The molecule has 4 rings (SSSR count). The van der Waals surface area contributed by atoms with E-state index in [-0.39, 0.29) is 11.9 Å². The van der Waals surface area contributed by atoms with Gasteiger partial charge in [0.15, 0.2) is 0 Å². The summed E-state index contributed by atoms with van der Waals surface area (Å²) in [6.45, 7) is 11.2. The van der Waals surface area contributed by atoms with Crippen molar-refractivity contribution in [3.63, 3.8) is 0 Å². The van der Waals surface area contributed by atoms with Crippen molar-refractivity contribution in [2.24, 2.45) is 11.8 Å². The van der Waals surface area contributed by atoms with Crippen molar-refractivity contribution >= 4 is 17.2 Å². The quantitative estimate of drug-likeness (QED) is 0.835. The number of hydrogen-bond acceptors (Lipinski definition) is 3. The first kappa shape index (κ1) is 14.9. The number of amides is 1. The van der Waals surface area contributed by atoms with Crippen molar-refractivity contribution in [3.05, 3.63) is 47.0 Å². The summed E-state index contributed by atoms with van der Waals surface area (Å²) < 4.78 is 0. The maximum Gasteiger partial charge on any atom is 0.274 e. The number of rotatable bonds is 2. The minimum Gasteiger partial charge on any atom is -0.334 e. The van der Waals surface area contributed by atoms with Gasteiger partial charge in [-0.25, -0.2) is 4.98 Å². The number of carbonyl (C=O) groups is 1. The van der Waals surface area contributed by atoms with Crippen molar-refractivity contribution in [2.45, 2.75) is 33.2 Å². The summed E-state index contributed by atoms with van der Waals surface area (Å²) in [7, 11) is 0. The van der Waals surface area contributed by atoms with Crippen LogP contribution in [-0.2, 0) is 0 Å². The first-order valence-corrected chi connectivity index (χ1v) is 8.97. The van der Waals surface area contributed by atoms with E-state index in [1.54, 1.807) is 11.3 Å². The van der Waals surface area contributed by atoms with Crippen molar-refractivity contribution in [1.29, 1.82) is 0 Å². The zero-order valence-electron chi connectivity index (χ0n) is 13.8. The number of aromatic nitrogens is 1. The molecule has 4 heteroatoms. The predicted molar refractivity (Wildman–Crippen MR) is 93.5 cm³/mol. The van der Waals surface area contributed by atoms with Crippen LogP contribution in [0, 0.1) is 39.5 Å². The Labute approximate surface area is 141 Å². The van der Waals surface area contributed by atoms with Crippen LogP contribution < -0.4 is 0 Å². The van der Waals surface area contributed by atoms with Gasteiger partial charge in [-0.05, 0) is 62.6 Å². The van der Waals surface area contributed by atoms with Gasteiger partial charge >= 0.3 is 0 Å². The van der Waals surface area contributed by atoms with E-state index in [0.29, 0.717) is 17.5 Å². The van der Waals surface area contributed by atoms with Crippen molar-refractivity contribution in [1.82, 2.24) is 9.88 Å². The molecule has 3 atom stereocenters. The summed E-state index contributed by atoms with van der Waals surface area (Å²) in [5, 5.41) is 0.939.